The molecule has 3 rings (SSSR count). The van der Waals surface area contributed by atoms with Gasteiger partial charge in [-0.1, -0.05) is 11.6 Å². The molecule has 0 radical (unpaired) electrons. The van der Waals surface area contributed by atoms with Crippen LogP contribution in [0.25, 0.3) is 0 Å². The SMILES string of the molecule is COc1ccc(Cl)cc1S(=O)(=O)Nc1ccc2c(c1)OCCN2C. The van der Waals surface area contributed by atoms with Crippen LogP contribution in [0.2, 0.25) is 5.02 Å². The van der Waals surface area contributed by atoms with Gasteiger partial charge in [0.15, 0.2) is 0 Å². The summed E-state index contributed by atoms with van der Waals surface area (Å²) in [5.41, 5.74) is 1.33. The zero-order valence-corrected chi connectivity index (χ0v) is 14.8. The first-order valence-electron chi connectivity index (χ1n) is 7.25. The van der Waals surface area contributed by atoms with Gasteiger partial charge in [-0.3, -0.25) is 4.72 Å². The van der Waals surface area contributed by atoms with Crippen LogP contribution in [-0.2, 0) is 10.0 Å². The molecule has 1 N–H and O–H groups in total. The number of halogens is 1. The van der Waals surface area contributed by atoms with E-state index in [4.69, 9.17) is 21.1 Å². The first kappa shape index (κ1) is 16.7. The van der Waals surface area contributed by atoms with Gasteiger partial charge in [0.2, 0.25) is 0 Å². The molecule has 0 aromatic heterocycles. The molecule has 0 amide bonds. The Morgan fingerprint density at radius 1 is 1.25 bits per heavy atom. The van der Waals surface area contributed by atoms with Crippen molar-refractivity contribution in [3.63, 3.8) is 0 Å². The molecule has 1 heterocycles. The van der Waals surface area contributed by atoms with Gasteiger partial charge in [-0.2, -0.15) is 0 Å². The molecular formula is C16H17ClN2O4S. The van der Waals surface area contributed by atoms with Crippen LogP contribution in [0.1, 0.15) is 0 Å². The summed E-state index contributed by atoms with van der Waals surface area (Å²) in [7, 11) is -0.479. The van der Waals surface area contributed by atoms with Crippen molar-refractivity contribution in [1.29, 1.82) is 0 Å². The molecule has 128 valence electrons. The molecule has 6 nitrogen and oxygen atoms in total. The van der Waals surface area contributed by atoms with Gasteiger partial charge in [-0.25, -0.2) is 8.42 Å². The van der Waals surface area contributed by atoms with Gasteiger partial charge in [-0.15, -0.1) is 0 Å². The number of nitrogens with one attached hydrogen (secondary N) is 1. The van der Waals surface area contributed by atoms with Gasteiger partial charge in [0.25, 0.3) is 10.0 Å². The lowest BCUT2D eigenvalue weighted by atomic mass is 10.2. The molecule has 1 aliphatic rings. The van der Waals surface area contributed by atoms with Crippen LogP contribution >= 0.6 is 11.6 Å². The Morgan fingerprint density at radius 2 is 2.04 bits per heavy atom. The molecule has 0 fully saturated rings. The Labute approximate surface area is 146 Å². The summed E-state index contributed by atoms with van der Waals surface area (Å²) in [4.78, 5) is 2.03. The fourth-order valence-electron chi connectivity index (χ4n) is 2.49. The third-order valence-electron chi connectivity index (χ3n) is 3.72. The predicted octanol–water partition coefficient (Wildman–Crippen LogP) is 2.98. The average molecular weight is 369 g/mol. The third-order valence-corrected chi connectivity index (χ3v) is 5.36. The van der Waals surface area contributed by atoms with E-state index in [-0.39, 0.29) is 10.6 Å². The van der Waals surface area contributed by atoms with Crippen molar-refractivity contribution in [2.45, 2.75) is 4.90 Å². The highest BCUT2D eigenvalue weighted by atomic mass is 35.5. The third kappa shape index (κ3) is 3.22. The number of hydrogen-bond acceptors (Lipinski definition) is 5. The molecular weight excluding hydrogens is 352 g/mol. The van der Waals surface area contributed by atoms with Crippen LogP contribution in [0.5, 0.6) is 11.5 Å². The first-order chi connectivity index (χ1) is 11.4. The number of benzene rings is 2. The molecule has 0 atom stereocenters. The van der Waals surface area contributed by atoms with Crippen LogP contribution in [-0.4, -0.2) is 35.7 Å². The highest BCUT2D eigenvalue weighted by Crippen LogP contribution is 2.35. The van der Waals surface area contributed by atoms with E-state index >= 15 is 0 Å². The molecule has 0 unspecified atom stereocenters. The van der Waals surface area contributed by atoms with Crippen molar-refractivity contribution in [3.05, 3.63) is 41.4 Å². The second-order valence-electron chi connectivity index (χ2n) is 5.35. The zero-order chi connectivity index (χ0) is 17.3. The van der Waals surface area contributed by atoms with Crippen LogP contribution in [0.3, 0.4) is 0 Å². The molecule has 2 aromatic carbocycles. The Hall–Kier alpha value is -2.12. The fourth-order valence-corrected chi connectivity index (χ4v) is 3.97. The maximum atomic E-state index is 12.7. The summed E-state index contributed by atoms with van der Waals surface area (Å²) in [6.07, 6.45) is 0. The number of ether oxygens (including phenoxy) is 2. The van der Waals surface area contributed by atoms with E-state index in [1.807, 2.05) is 13.1 Å². The predicted molar refractivity (Wildman–Crippen MR) is 94.0 cm³/mol. The number of rotatable bonds is 4. The molecule has 0 saturated heterocycles. The fraction of sp³-hybridized carbons (Fsp3) is 0.250. The number of fused-ring (bicyclic) bond motifs is 1. The van der Waals surface area contributed by atoms with E-state index in [1.54, 1.807) is 18.2 Å². The van der Waals surface area contributed by atoms with Crippen molar-refractivity contribution in [2.24, 2.45) is 0 Å². The molecule has 0 spiro atoms. The second-order valence-corrected chi connectivity index (χ2v) is 7.44. The lowest BCUT2D eigenvalue weighted by Gasteiger charge is -2.28. The van der Waals surface area contributed by atoms with Gasteiger partial charge in [0.05, 0.1) is 25.0 Å². The molecule has 0 aliphatic carbocycles. The van der Waals surface area contributed by atoms with Crippen molar-refractivity contribution in [2.75, 3.05) is 36.9 Å². The van der Waals surface area contributed by atoms with Gasteiger partial charge >= 0.3 is 0 Å². The van der Waals surface area contributed by atoms with Crippen molar-refractivity contribution >= 4 is 33.0 Å². The Morgan fingerprint density at radius 3 is 2.79 bits per heavy atom. The average Bonchev–Trinajstić information content (AvgIpc) is 2.54. The molecule has 1 aliphatic heterocycles. The van der Waals surface area contributed by atoms with Gasteiger partial charge in [0, 0.05) is 18.1 Å². The topological polar surface area (TPSA) is 67.9 Å². The largest absolute Gasteiger partial charge is 0.495 e. The molecule has 2 aromatic rings. The Bertz CT molecular complexity index is 870. The lowest BCUT2D eigenvalue weighted by Crippen LogP contribution is -2.28. The molecule has 0 bridgehead atoms. The Kier molecular flexibility index (Phi) is 4.47. The second kappa shape index (κ2) is 6.41. The number of sulfonamides is 1. The van der Waals surface area contributed by atoms with E-state index in [1.165, 1.54) is 19.2 Å². The van der Waals surface area contributed by atoms with E-state index in [9.17, 15) is 8.42 Å². The summed E-state index contributed by atoms with van der Waals surface area (Å²) < 4.78 is 38.6. The molecule has 24 heavy (non-hydrogen) atoms. The van der Waals surface area contributed by atoms with Crippen LogP contribution in [0, 0.1) is 0 Å². The summed E-state index contributed by atoms with van der Waals surface area (Å²) >= 11 is 5.92. The van der Waals surface area contributed by atoms with Crippen LogP contribution in [0.15, 0.2) is 41.3 Å². The standard InChI is InChI=1S/C16H17ClN2O4S/c1-19-7-8-23-15-10-12(4-5-13(15)19)18-24(20,21)16-9-11(17)3-6-14(16)22-2/h3-6,9-10,18H,7-8H2,1-2H3. The smallest absolute Gasteiger partial charge is 0.265 e. The monoisotopic (exact) mass is 368 g/mol. The molecule has 0 saturated carbocycles. The van der Waals surface area contributed by atoms with E-state index < -0.39 is 10.0 Å². The first-order valence-corrected chi connectivity index (χ1v) is 9.11. The summed E-state index contributed by atoms with van der Waals surface area (Å²) in [6, 6.07) is 9.62. The normalized spacial score (nSPS) is 13.9. The summed E-state index contributed by atoms with van der Waals surface area (Å²) in [5.74, 6) is 0.864. The maximum absolute atomic E-state index is 12.7. The number of anilines is 2. The van der Waals surface area contributed by atoms with Crippen molar-refractivity contribution in [3.8, 4) is 11.5 Å². The van der Waals surface area contributed by atoms with Gasteiger partial charge in [0.1, 0.15) is 23.0 Å². The Balaban J connectivity index is 1.94. The molecule has 8 heteroatoms. The zero-order valence-electron chi connectivity index (χ0n) is 13.2. The van der Waals surface area contributed by atoms with Gasteiger partial charge in [-0.05, 0) is 30.3 Å². The van der Waals surface area contributed by atoms with Gasteiger partial charge < -0.3 is 14.4 Å². The van der Waals surface area contributed by atoms with E-state index in [2.05, 4.69) is 9.62 Å². The van der Waals surface area contributed by atoms with Crippen LogP contribution < -0.4 is 19.1 Å². The number of likely N-dealkylation sites (N-methyl/N-ethyl adjacent to an activating group) is 1. The highest BCUT2D eigenvalue weighted by Gasteiger charge is 2.22. The minimum atomic E-state index is -3.85. The van der Waals surface area contributed by atoms with Crippen molar-refractivity contribution < 1.29 is 17.9 Å². The summed E-state index contributed by atoms with van der Waals surface area (Å²) in [6.45, 7) is 1.35. The van der Waals surface area contributed by atoms with E-state index in [0.717, 1.165) is 12.2 Å². The maximum Gasteiger partial charge on any atom is 0.265 e. The number of hydrogen-bond donors (Lipinski definition) is 1. The number of methoxy groups -OCH3 is 1. The van der Waals surface area contributed by atoms with Crippen molar-refractivity contribution in [1.82, 2.24) is 0 Å². The van der Waals surface area contributed by atoms with Crippen LogP contribution in [0.4, 0.5) is 11.4 Å². The highest BCUT2D eigenvalue weighted by molar-refractivity contribution is 7.92. The van der Waals surface area contributed by atoms with E-state index in [0.29, 0.717) is 23.1 Å². The minimum absolute atomic E-state index is 0.0201. The summed E-state index contributed by atoms with van der Waals surface area (Å²) in [5, 5.41) is 0.312. The minimum Gasteiger partial charge on any atom is -0.495 e. The quantitative estimate of drug-likeness (QED) is 0.898. The number of nitrogens with zero attached hydrogens (tertiary/aromatic N) is 1. The lowest BCUT2D eigenvalue weighted by molar-refractivity contribution is 0.311.